The summed E-state index contributed by atoms with van der Waals surface area (Å²) in [6, 6.07) is 8.85. The molecule has 1 aliphatic carbocycles. The molecule has 0 aromatic heterocycles. The van der Waals surface area contributed by atoms with Crippen LogP contribution in [-0.2, 0) is 4.79 Å². The number of hydrogen-bond acceptors (Lipinski definition) is 2. The van der Waals surface area contributed by atoms with Crippen LogP contribution in [0, 0.1) is 5.92 Å². The molecule has 1 aromatic carbocycles. The highest BCUT2D eigenvalue weighted by Crippen LogP contribution is 2.23. The Hall–Kier alpha value is -1.64. The molecule has 1 N–H and O–H groups in total. The maximum absolute atomic E-state index is 11.8. The minimum Gasteiger partial charge on any atom is -0.292 e. The lowest BCUT2D eigenvalue weighted by atomic mass is 9.88. The van der Waals surface area contributed by atoms with Crippen molar-refractivity contribution in [3.05, 3.63) is 35.9 Å². The van der Waals surface area contributed by atoms with Crippen LogP contribution in [0.2, 0.25) is 0 Å². The van der Waals surface area contributed by atoms with Crippen molar-refractivity contribution in [2.45, 2.75) is 32.1 Å². The average molecular weight is 231 g/mol. The Labute approximate surface area is 101 Å². The summed E-state index contributed by atoms with van der Waals surface area (Å²) >= 11 is 0. The first-order valence-corrected chi connectivity index (χ1v) is 6.17. The molecule has 3 heteroatoms. The zero-order valence-electron chi connectivity index (χ0n) is 9.82. The summed E-state index contributed by atoms with van der Waals surface area (Å²) in [6.45, 7) is 0. The third kappa shape index (κ3) is 3.16. The fourth-order valence-corrected chi connectivity index (χ4v) is 2.24. The summed E-state index contributed by atoms with van der Waals surface area (Å²) < 4.78 is 0. The second-order valence-corrected chi connectivity index (χ2v) is 4.52. The minimum atomic E-state index is -0.291. The molecule has 3 nitrogen and oxygen atoms in total. The molecule has 0 atom stereocenters. The van der Waals surface area contributed by atoms with Crippen LogP contribution in [0.5, 0.6) is 0 Å². The van der Waals surface area contributed by atoms with E-state index in [9.17, 15) is 9.59 Å². The Morgan fingerprint density at radius 2 is 1.65 bits per heavy atom. The SMILES string of the molecule is O=C(NC(=O)C1CCCCC1)c1ccccc1. The van der Waals surface area contributed by atoms with Crippen LogP contribution in [0.4, 0.5) is 0 Å². The number of amides is 2. The first-order valence-electron chi connectivity index (χ1n) is 6.17. The van der Waals surface area contributed by atoms with Crippen molar-refractivity contribution < 1.29 is 9.59 Å². The Morgan fingerprint density at radius 1 is 1.00 bits per heavy atom. The van der Waals surface area contributed by atoms with Gasteiger partial charge in [-0.3, -0.25) is 14.9 Å². The number of benzene rings is 1. The summed E-state index contributed by atoms with van der Waals surface area (Å²) in [5.74, 6) is -0.379. The van der Waals surface area contributed by atoms with E-state index in [0.717, 1.165) is 25.7 Å². The number of imide groups is 1. The van der Waals surface area contributed by atoms with Gasteiger partial charge in [-0.05, 0) is 25.0 Å². The molecule has 1 fully saturated rings. The van der Waals surface area contributed by atoms with E-state index in [4.69, 9.17) is 0 Å². The highest BCUT2D eigenvalue weighted by molar-refractivity contribution is 6.05. The fourth-order valence-electron chi connectivity index (χ4n) is 2.24. The summed E-state index contributed by atoms with van der Waals surface area (Å²) in [5, 5.41) is 2.49. The van der Waals surface area contributed by atoms with E-state index >= 15 is 0 Å². The molecule has 1 aromatic rings. The van der Waals surface area contributed by atoms with Crippen LogP contribution in [0.1, 0.15) is 42.5 Å². The van der Waals surface area contributed by atoms with Gasteiger partial charge in [0.25, 0.3) is 5.91 Å². The van der Waals surface area contributed by atoms with Gasteiger partial charge in [-0.2, -0.15) is 0 Å². The summed E-state index contributed by atoms with van der Waals surface area (Å²) in [6.07, 6.45) is 5.22. The Balaban J connectivity index is 1.92. The lowest BCUT2D eigenvalue weighted by Crippen LogP contribution is -2.36. The predicted octanol–water partition coefficient (Wildman–Crippen LogP) is 2.52. The lowest BCUT2D eigenvalue weighted by molar-refractivity contribution is -0.124. The number of carbonyl (C=O) groups excluding carboxylic acids is 2. The Bertz CT molecular complexity index is 394. The van der Waals surface area contributed by atoms with E-state index in [1.807, 2.05) is 6.07 Å². The highest BCUT2D eigenvalue weighted by Gasteiger charge is 2.22. The van der Waals surface area contributed by atoms with E-state index in [2.05, 4.69) is 5.32 Å². The quantitative estimate of drug-likeness (QED) is 0.795. The van der Waals surface area contributed by atoms with E-state index in [0.29, 0.717) is 5.56 Å². The maximum atomic E-state index is 11.8. The smallest absolute Gasteiger partial charge is 0.257 e. The zero-order valence-corrected chi connectivity index (χ0v) is 9.82. The molecular formula is C14H17NO2. The molecule has 17 heavy (non-hydrogen) atoms. The first kappa shape index (κ1) is 11.8. The molecule has 1 aliphatic rings. The van der Waals surface area contributed by atoms with Gasteiger partial charge in [0.15, 0.2) is 0 Å². The van der Waals surface area contributed by atoms with Crippen LogP contribution in [0.25, 0.3) is 0 Å². The average Bonchev–Trinajstić information content (AvgIpc) is 2.40. The van der Waals surface area contributed by atoms with Crippen molar-refractivity contribution in [1.82, 2.24) is 5.32 Å². The van der Waals surface area contributed by atoms with Gasteiger partial charge in [0.1, 0.15) is 0 Å². The van der Waals surface area contributed by atoms with Crippen molar-refractivity contribution in [2.75, 3.05) is 0 Å². The van der Waals surface area contributed by atoms with Gasteiger partial charge < -0.3 is 0 Å². The highest BCUT2D eigenvalue weighted by atomic mass is 16.2. The molecule has 0 spiro atoms. The minimum absolute atomic E-state index is 0.0245. The second kappa shape index (κ2) is 5.62. The summed E-state index contributed by atoms with van der Waals surface area (Å²) in [7, 11) is 0. The molecule has 0 heterocycles. The molecule has 0 aliphatic heterocycles. The van der Waals surface area contributed by atoms with Crippen molar-refractivity contribution in [3.8, 4) is 0 Å². The normalized spacial score (nSPS) is 16.5. The molecule has 0 radical (unpaired) electrons. The van der Waals surface area contributed by atoms with E-state index in [1.165, 1.54) is 6.42 Å². The molecule has 2 amide bonds. The molecule has 1 saturated carbocycles. The van der Waals surface area contributed by atoms with E-state index in [1.54, 1.807) is 24.3 Å². The van der Waals surface area contributed by atoms with Gasteiger partial charge in [-0.15, -0.1) is 0 Å². The van der Waals surface area contributed by atoms with Crippen molar-refractivity contribution in [1.29, 1.82) is 0 Å². The van der Waals surface area contributed by atoms with Crippen LogP contribution >= 0.6 is 0 Å². The van der Waals surface area contributed by atoms with Gasteiger partial charge >= 0.3 is 0 Å². The van der Waals surface area contributed by atoms with Gasteiger partial charge in [0.2, 0.25) is 5.91 Å². The van der Waals surface area contributed by atoms with Crippen LogP contribution in [-0.4, -0.2) is 11.8 Å². The van der Waals surface area contributed by atoms with Crippen LogP contribution in [0.15, 0.2) is 30.3 Å². The number of carbonyl (C=O) groups is 2. The molecular weight excluding hydrogens is 214 g/mol. The molecule has 0 bridgehead atoms. The monoisotopic (exact) mass is 231 g/mol. The van der Waals surface area contributed by atoms with Gasteiger partial charge in [0.05, 0.1) is 0 Å². The van der Waals surface area contributed by atoms with Gasteiger partial charge in [-0.25, -0.2) is 0 Å². The topological polar surface area (TPSA) is 46.2 Å². The largest absolute Gasteiger partial charge is 0.292 e. The zero-order chi connectivity index (χ0) is 12.1. The van der Waals surface area contributed by atoms with Crippen molar-refractivity contribution >= 4 is 11.8 Å². The third-order valence-corrected chi connectivity index (χ3v) is 3.25. The summed E-state index contributed by atoms with van der Waals surface area (Å²) in [4.78, 5) is 23.6. The van der Waals surface area contributed by atoms with Gasteiger partial charge in [0, 0.05) is 11.5 Å². The third-order valence-electron chi connectivity index (χ3n) is 3.25. The van der Waals surface area contributed by atoms with Crippen molar-refractivity contribution in [3.63, 3.8) is 0 Å². The van der Waals surface area contributed by atoms with Crippen molar-refractivity contribution in [2.24, 2.45) is 5.92 Å². The van der Waals surface area contributed by atoms with E-state index in [-0.39, 0.29) is 17.7 Å². The number of nitrogens with one attached hydrogen (secondary N) is 1. The predicted molar refractivity (Wildman–Crippen MR) is 65.5 cm³/mol. The molecule has 90 valence electrons. The van der Waals surface area contributed by atoms with Gasteiger partial charge in [-0.1, -0.05) is 37.5 Å². The first-order chi connectivity index (χ1) is 8.27. The number of rotatable bonds is 2. The van der Waals surface area contributed by atoms with Crippen LogP contribution < -0.4 is 5.32 Å². The fraction of sp³-hybridized carbons (Fsp3) is 0.429. The maximum Gasteiger partial charge on any atom is 0.257 e. The molecule has 0 unspecified atom stereocenters. The van der Waals surface area contributed by atoms with E-state index < -0.39 is 0 Å². The number of hydrogen-bond donors (Lipinski definition) is 1. The van der Waals surface area contributed by atoms with Crippen LogP contribution in [0.3, 0.4) is 0 Å². The molecule has 0 saturated heterocycles. The Kier molecular flexibility index (Phi) is 3.91. The second-order valence-electron chi connectivity index (χ2n) is 4.52. The summed E-state index contributed by atoms with van der Waals surface area (Å²) in [5.41, 5.74) is 0.539. The Morgan fingerprint density at radius 3 is 2.29 bits per heavy atom. The lowest BCUT2D eigenvalue weighted by Gasteiger charge is -2.20. The standard InChI is InChI=1S/C14H17NO2/c16-13(11-7-3-1-4-8-11)15-14(17)12-9-5-2-6-10-12/h1,3-4,7-8,12H,2,5-6,9-10H2,(H,15,16,17). The molecule has 2 rings (SSSR count).